The minimum absolute atomic E-state index is 0.698. The maximum atomic E-state index is 6.14. The van der Waals surface area contributed by atoms with Gasteiger partial charge < -0.3 is 4.40 Å². The molecular formula is C14H10Cl2N2. The summed E-state index contributed by atoms with van der Waals surface area (Å²) < 4.78 is 1.93. The fraction of sp³-hybridized carbons (Fsp3) is 0.0714. The standard InChI is InChI=1S/C14H10Cl2N2/c15-11-5-6-14-17-12(9-18(14)8-11)7-10-3-1-2-4-13(10)16/h1-6,8-9H,7H2. The van der Waals surface area contributed by atoms with Crippen LogP contribution in [-0.4, -0.2) is 9.38 Å². The number of rotatable bonds is 2. The lowest BCUT2D eigenvalue weighted by atomic mass is 10.1. The molecule has 0 aliphatic heterocycles. The molecule has 18 heavy (non-hydrogen) atoms. The van der Waals surface area contributed by atoms with Crippen LogP contribution < -0.4 is 0 Å². The molecule has 0 aliphatic carbocycles. The number of pyridine rings is 1. The van der Waals surface area contributed by atoms with Gasteiger partial charge >= 0.3 is 0 Å². The molecule has 0 fully saturated rings. The molecule has 3 aromatic rings. The fourth-order valence-electron chi connectivity index (χ4n) is 1.94. The number of nitrogens with zero attached hydrogens (tertiary/aromatic N) is 2. The summed E-state index contributed by atoms with van der Waals surface area (Å²) in [6, 6.07) is 11.5. The van der Waals surface area contributed by atoms with Crippen molar-refractivity contribution in [2.45, 2.75) is 6.42 Å². The lowest BCUT2D eigenvalue weighted by Gasteiger charge is -2.00. The van der Waals surface area contributed by atoms with Gasteiger partial charge in [0.1, 0.15) is 5.65 Å². The van der Waals surface area contributed by atoms with E-state index in [2.05, 4.69) is 4.98 Å². The van der Waals surface area contributed by atoms with Gasteiger partial charge in [-0.05, 0) is 23.8 Å². The van der Waals surface area contributed by atoms with Gasteiger partial charge in [-0.15, -0.1) is 0 Å². The van der Waals surface area contributed by atoms with Crippen LogP contribution in [0.1, 0.15) is 11.3 Å². The predicted octanol–water partition coefficient (Wildman–Crippen LogP) is 4.23. The third-order valence-corrected chi connectivity index (χ3v) is 3.39. The van der Waals surface area contributed by atoms with Crippen LogP contribution in [-0.2, 0) is 6.42 Å². The summed E-state index contributed by atoms with van der Waals surface area (Å²) in [5, 5.41) is 1.47. The van der Waals surface area contributed by atoms with E-state index in [1.165, 1.54) is 0 Å². The minimum atomic E-state index is 0.698. The SMILES string of the molecule is Clc1ccc2nc(Cc3ccccc3Cl)cn2c1. The Labute approximate surface area is 115 Å². The average Bonchev–Trinajstić information content (AvgIpc) is 2.73. The summed E-state index contributed by atoms with van der Waals surface area (Å²) in [5.41, 5.74) is 2.94. The maximum Gasteiger partial charge on any atom is 0.137 e. The van der Waals surface area contributed by atoms with Crippen molar-refractivity contribution < 1.29 is 0 Å². The molecule has 0 saturated carbocycles. The van der Waals surface area contributed by atoms with Crippen molar-refractivity contribution in [3.63, 3.8) is 0 Å². The smallest absolute Gasteiger partial charge is 0.137 e. The minimum Gasteiger partial charge on any atom is -0.305 e. The third-order valence-electron chi connectivity index (χ3n) is 2.79. The van der Waals surface area contributed by atoms with E-state index in [1.807, 2.05) is 53.2 Å². The highest BCUT2D eigenvalue weighted by atomic mass is 35.5. The van der Waals surface area contributed by atoms with Gasteiger partial charge in [0.05, 0.1) is 10.7 Å². The van der Waals surface area contributed by atoms with Crippen LogP contribution in [0.2, 0.25) is 10.0 Å². The zero-order valence-electron chi connectivity index (χ0n) is 9.48. The first kappa shape index (κ1) is 11.6. The quantitative estimate of drug-likeness (QED) is 0.685. The van der Waals surface area contributed by atoms with Crippen molar-refractivity contribution in [1.29, 1.82) is 0 Å². The van der Waals surface area contributed by atoms with E-state index in [-0.39, 0.29) is 0 Å². The third kappa shape index (κ3) is 2.22. The highest BCUT2D eigenvalue weighted by molar-refractivity contribution is 6.31. The van der Waals surface area contributed by atoms with Gasteiger partial charge in [0.2, 0.25) is 0 Å². The molecule has 90 valence electrons. The van der Waals surface area contributed by atoms with Crippen LogP contribution in [0.3, 0.4) is 0 Å². The van der Waals surface area contributed by atoms with E-state index in [9.17, 15) is 0 Å². The highest BCUT2D eigenvalue weighted by Crippen LogP contribution is 2.19. The Balaban J connectivity index is 1.98. The number of hydrogen-bond acceptors (Lipinski definition) is 1. The largest absolute Gasteiger partial charge is 0.305 e. The van der Waals surface area contributed by atoms with Crippen molar-refractivity contribution in [1.82, 2.24) is 9.38 Å². The van der Waals surface area contributed by atoms with Crippen molar-refractivity contribution in [2.75, 3.05) is 0 Å². The second-order valence-electron chi connectivity index (χ2n) is 4.11. The molecule has 0 unspecified atom stereocenters. The summed E-state index contributed by atoms with van der Waals surface area (Å²) in [6.07, 6.45) is 4.55. The number of halogens is 2. The summed E-state index contributed by atoms with van der Waals surface area (Å²) >= 11 is 12.1. The van der Waals surface area contributed by atoms with Gasteiger partial charge in [0.15, 0.2) is 0 Å². The number of benzene rings is 1. The molecule has 0 N–H and O–H groups in total. The number of hydrogen-bond donors (Lipinski definition) is 0. The van der Waals surface area contributed by atoms with Gasteiger partial charge in [-0.25, -0.2) is 4.98 Å². The lowest BCUT2D eigenvalue weighted by Crippen LogP contribution is -1.88. The first-order valence-corrected chi connectivity index (χ1v) is 6.34. The van der Waals surface area contributed by atoms with E-state index >= 15 is 0 Å². The van der Waals surface area contributed by atoms with Gasteiger partial charge in [-0.1, -0.05) is 41.4 Å². The Morgan fingerprint density at radius 2 is 1.83 bits per heavy atom. The molecule has 1 aromatic carbocycles. The van der Waals surface area contributed by atoms with Gasteiger partial charge in [-0.2, -0.15) is 0 Å². The maximum absolute atomic E-state index is 6.14. The normalized spacial score (nSPS) is 11.0. The fourth-order valence-corrected chi connectivity index (χ4v) is 2.31. The Morgan fingerprint density at radius 1 is 1.00 bits per heavy atom. The summed E-state index contributed by atoms with van der Waals surface area (Å²) in [4.78, 5) is 4.54. The molecule has 0 aliphatic rings. The van der Waals surface area contributed by atoms with Crippen molar-refractivity contribution >= 4 is 28.8 Å². The van der Waals surface area contributed by atoms with Crippen LogP contribution in [0.25, 0.3) is 5.65 Å². The average molecular weight is 277 g/mol. The molecule has 0 saturated heterocycles. The molecule has 0 atom stereocenters. The van der Waals surface area contributed by atoms with Crippen molar-refractivity contribution in [2.24, 2.45) is 0 Å². The molecule has 0 amide bonds. The van der Waals surface area contributed by atoms with Gasteiger partial charge in [0, 0.05) is 23.8 Å². The second kappa shape index (κ2) is 4.63. The number of aromatic nitrogens is 2. The van der Waals surface area contributed by atoms with E-state index in [4.69, 9.17) is 23.2 Å². The Kier molecular flexibility index (Phi) is 2.98. The Morgan fingerprint density at radius 3 is 2.67 bits per heavy atom. The number of imidazole rings is 1. The molecule has 2 heterocycles. The summed E-state index contributed by atoms with van der Waals surface area (Å²) in [5.74, 6) is 0. The molecule has 3 rings (SSSR count). The van der Waals surface area contributed by atoms with Crippen molar-refractivity contribution in [3.8, 4) is 0 Å². The molecule has 2 aromatic heterocycles. The van der Waals surface area contributed by atoms with E-state index < -0.39 is 0 Å². The zero-order valence-corrected chi connectivity index (χ0v) is 11.0. The van der Waals surface area contributed by atoms with E-state index in [0.717, 1.165) is 28.3 Å². The van der Waals surface area contributed by atoms with E-state index in [1.54, 1.807) is 0 Å². The Hall–Kier alpha value is -1.51. The van der Waals surface area contributed by atoms with E-state index in [0.29, 0.717) is 5.02 Å². The van der Waals surface area contributed by atoms with Crippen LogP contribution in [0.15, 0.2) is 48.8 Å². The first-order chi connectivity index (χ1) is 8.72. The molecule has 0 spiro atoms. The predicted molar refractivity (Wildman–Crippen MR) is 74.5 cm³/mol. The highest BCUT2D eigenvalue weighted by Gasteiger charge is 2.05. The molecule has 0 radical (unpaired) electrons. The molecule has 2 nitrogen and oxygen atoms in total. The monoisotopic (exact) mass is 276 g/mol. The van der Waals surface area contributed by atoms with Gasteiger partial charge in [0.25, 0.3) is 0 Å². The van der Waals surface area contributed by atoms with Crippen molar-refractivity contribution in [3.05, 3.63) is 70.1 Å². The molecular weight excluding hydrogens is 267 g/mol. The lowest BCUT2D eigenvalue weighted by molar-refractivity contribution is 1.11. The van der Waals surface area contributed by atoms with Crippen LogP contribution in [0.4, 0.5) is 0 Å². The molecule has 0 bridgehead atoms. The van der Waals surface area contributed by atoms with Crippen LogP contribution in [0, 0.1) is 0 Å². The Bertz CT molecular complexity index is 704. The zero-order chi connectivity index (χ0) is 12.5. The second-order valence-corrected chi connectivity index (χ2v) is 4.96. The molecule has 4 heteroatoms. The summed E-state index contributed by atoms with van der Waals surface area (Å²) in [6.45, 7) is 0. The first-order valence-electron chi connectivity index (χ1n) is 5.59. The summed E-state index contributed by atoms with van der Waals surface area (Å²) in [7, 11) is 0. The van der Waals surface area contributed by atoms with Crippen LogP contribution >= 0.6 is 23.2 Å². The van der Waals surface area contributed by atoms with Crippen LogP contribution in [0.5, 0.6) is 0 Å². The van der Waals surface area contributed by atoms with Gasteiger partial charge in [-0.3, -0.25) is 0 Å². The number of fused-ring (bicyclic) bond motifs is 1. The topological polar surface area (TPSA) is 17.3 Å².